The molecule has 2 rings (SSSR count). The number of sulfonamides is 1. The zero-order valence-electron chi connectivity index (χ0n) is 9.58. The van der Waals surface area contributed by atoms with Crippen LogP contribution in [0.3, 0.4) is 0 Å². The minimum absolute atomic E-state index is 0.0258. The fourth-order valence-electron chi connectivity index (χ4n) is 2.92. The Labute approximate surface area is 98.2 Å². The number of rotatable bonds is 1. The van der Waals surface area contributed by atoms with E-state index in [9.17, 15) is 21.6 Å². The molecule has 0 saturated carbocycles. The van der Waals surface area contributed by atoms with E-state index in [-0.39, 0.29) is 18.4 Å². The Morgan fingerprint density at radius 3 is 2.35 bits per heavy atom. The van der Waals surface area contributed by atoms with Gasteiger partial charge in [0.25, 0.3) is 0 Å². The molecule has 2 heterocycles. The van der Waals surface area contributed by atoms with Crippen LogP contribution in [0.15, 0.2) is 0 Å². The van der Waals surface area contributed by atoms with E-state index in [4.69, 9.17) is 0 Å². The molecule has 4 nitrogen and oxygen atoms in total. The van der Waals surface area contributed by atoms with Gasteiger partial charge in [-0.3, -0.25) is 0 Å². The van der Waals surface area contributed by atoms with Gasteiger partial charge in [0.2, 0.25) is 0 Å². The molecule has 17 heavy (non-hydrogen) atoms. The molecular weight excluding hydrogens is 257 g/mol. The van der Waals surface area contributed by atoms with Crippen molar-refractivity contribution in [1.29, 1.82) is 0 Å². The topological polar surface area (TPSA) is 49.4 Å². The summed E-state index contributed by atoms with van der Waals surface area (Å²) in [5, 5.41) is 3.09. The van der Waals surface area contributed by atoms with Crippen LogP contribution >= 0.6 is 0 Å². The second-order valence-corrected chi connectivity index (χ2v) is 7.01. The van der Waals surface area contributed by atoms with Crippen molar-refractivity contribution in [2.75, 3.05) is 19.6 Å². The molecule has 2 aliphatic rings. The van der Waals surface area contributed by atoms with Crippen molar-refractivity contribution in [3.63, 3.8) is 0 Å². The SMILES string of the molecule is CC1(C)C2CNCC2CN1S(=O)(=O)C(F)(F)F. The van der Waals surface area contributed by atoms with Gasteiger partial charge >= 0.3 is 15.5 Å². The highest BCUT2D eigenvalue weighted by atomic mass is 32.2. The van der Waals surface area contributed by atoms with E-state index in [1.54, 1.807) is 13.8 Å². The van der Waals surface area contributed by atoms with E-state index in [2.05, 4.69) is 5.32 Å². The van der Waals surface area contributed by atoms with Gasteiger partial charge in [0.05, 0.1) is 0 Å². The summed E-state index contributed by atoms with van der Waals surface area (Å²) < 4.78 is 61.3. The summed E-state index contributed by atoms with van der Waals surface area (Å²) in [6.45, 7) is 4.23. The normalized spacial score (nSPS) is 33.9. The number of nitrogens with zero attached hydrogens (tertiary/aromatic N) is 1. The summed E-state index contributed by atoms with van der Waals surface area (Å²) in [7, 11) is -5.22. The van der Waals surface area contributed by atoms with E-state index in [1.807, 2.05) is 0 Å². The molecule has 1 N–H and O–H groups in total. The zero-order chi connectivity index (χ0) is 13.1. The first-order valence-corrected chi connectivity index (χ1v) is 6.82. The maximum Gasteiger partial charge on any atom is 0.511 e. The summed E-state index contributed by atoms with van der Waals surface area (Å²) >= 11 is 0. The maximum absolute atomic E-state index is 12.6. The highest BCUT2D eigenvalue weighted by Crippen LogP contribution is 2.45. The Morgan fingerprint density at radius 2 is 1.88 bits per heavy atom. The average molecular weight is 272 g/mol. The zero-order valence-corrected chi connectivity index (χ0v) is 10.4. The second kappa shape index (κ2) is 3.58. The van der Waals surface area contributed by atoms with Crippen LogP contribution in [0.2, 0.25) is 0 Å². The molecule has 0 spiro atoms. The standard InChI is InChI=1S/C9H15F3N2O2S/c1-8(2)7-4-13-3-6(7)5-14(8)17(15,16)9(10,11)12/h6-7,13H,3-5H2,1-2H3. The molecule has 2 fully saturated rings. The van der Waals surface area contributed by atoms with Crippen molar-refractivity contribution in [2.24, 2.45) is 11.8 Å². The lowest BCUT2D eigenvalue weighted by Crippen LogP contribution is -2.51. The van der Waals surface area contributed by atoms with E-state index in [1.165, 1.54) is 0 Å². The summed E-state index contributed by atoms with van der Waals surface area (Å²) in [5.74, 6) is -0.0817. The molecule has 0 aromatic heterocycles. The first-order valence-electron chi connectivity index (χ1n) is 5.38. The molecule has 0 amide bonds. The van der Waals surface area contributed by atoms with Crippen LogP contribution in [-0.4, -0.2) is 43.4 Å². The molecule has 0 aliphatic carbocycles. The minimum Gasteiger partial charge on any atom is -0.316 e. The summed E-state index contributed by atoms with van der Waals surface area (Å²) in [5.41, 5.74) is -6.20. The Bertz CT molecular complexity index is 418. The lowest BCUT2D eigenvalue weighted by Gasteiger charge is -2.34. The van der Waals surface area contributed by atoms with Crippen molar-refractivity contribution in [2.45, 2.75) is 24.9 Å². The molecular formula is C9H15F3N2O2S. The van der Waals surface area contributed by atoms with Crippen molar-refractivity contribution in [1.82, 2.24) is 9.62 Å². The fraction of sp³-hybridized carbons (Fsp3) is 1.00. The van der Waals surface area contributed by atoms with Gasteiger partial charge in [0.1, 0.15) is 0 Å². The van der Waals surface area contributed by atoms with Crippen LogP contribution in [0.1, 0.15) is 13.8 Å². The largest absolute Gasteiger partial charge is 0.511 e. The smallest absolute Gasteiger partial charge is 0.316 e. The average Bonchev–Trinajstić information content (AvgIpc) is 2.66. The highest BCUT2D eigenvalue weighted by molar-refractivity contribution is 7.90. The van der Waals surface area contributed by atoms with Gasteiger partial charge in [-0.25, -0.2) is 8.42 Å². The number of fused-ring (bicyclic) bond motifs is 1. The Kier molecular flexibility index (Phi) is 2.76. The van der Waals surface area contributed by atoms with Crippen LogP contribution in [0, 0.1) is 11.8 Å². The van der Waals surface area contributed by atoms with Crippen molar-refractivity contribution in [3.05, 3.63) is 0 Å². The molecule has 0 bridgehead atoms. The number of halogens is 3. The van der Waals surface area contributed by atoms with Gasteiger partial charge in [-0.2, -0.15) is 17.5 Å². The molecule has 0 aromatic rings. The van der Waals surface area contributed by atoms with Gasteiger partial charge in [-0.05, 0) is 32.2 Å². The predicted octanol–water partition coefficient (Wildman–Crippen LogP) is 0.766. The Morgan fingerprint density at radius 1 is 1.29 bits per heavy atom. The molecule has 2 saturated heterocycles. The third-order valence-corrected chi connectivity index (χ3v) is 5.66. The van der Waals surface area contributed by atoms with Gasteiger partial charge in [-0.1, -0.05) is 0 Å². The van der Waals surface area contributed by atoms with E-state index < -0.39 is 21.1 Å². The Hall–Kier alpha value is -0.340. The Balaban J connectivity index is 2.36. The fourth-order valence-corrected chi connectivity index (χ4v) is 4.31. The van der Waals surface area contributed by atoms with Gasteiger partial charge < -0.3 is 5.32 Å². The summed E-state index contributed by atoms with van der Waals surface area (Å²) in [4.78, 5) is 0. The molecule has 0 radical (unpaired) electrons. The van der Waals surface area contributed by atoms with Crippen LogP contribution in [0.5, 0.6) is 0 Å². The summed E-state index contributed by atoms with van der Waals surface area (Å²) in [6.07, 6.45) is 0. The second-order valence-electron chi connectivity index (χ2n) is 5.16. The van der Waals surface area contributed by atoms with E-state index in [0.29, 0.717) is 17.4 Å². The number of hydrogen-bond donors (Lipinski definition) is 1. The van der Waals surface area contributed by atoms with E-state index >= 15 is 0 Å². The van der Waals surface area contributed by atoms with Gasteiger partial charge in [0, 0.05) is 18.6 Å². The molecule has 100 valence electrons. The van der Waals surface area contributed by atoms with Crippen molar-refractivity contribution < 1.29 is 21.6 Å². The van der Waals surface area contributed by atoms with Crippen LogP contribution in [0.25, 0.3) is 0 Å². The lowest BCUT2D eigenvalue weighted by molar-refractivity contribution is -0.0510. The molecule has 8 heteroatoms. The molecule has 2 unspecified atom stereocenters. The lowest BCUT2D eigenvalue weighted by atomic mass is 9.85. The van der Waals surface area contributed by atoms with Crippen LogP contribution in [-0.2, 0) is 10.0 Å². The van der Waals surface area contributed by atoms with Crippen LogP contribution in [0.4, 0.5) is 13.2 Å². The van der Waals surface area contributed by atoms with Crippen molar-refractivity contribution in [3.8, 4) is 0 Å². The molecule has 2 aliphatic heterocycles. The molecule has 0 aromatic carbocycles. The monoisotopic (exact) mass is 272 g/mol. The molecule has 2 atom stereocenters. The number of nitrogens with one attached hydrogen (secondary N) is 1. The summed E-state index contributed by atoms with van der Waals surface area (Å²) in [6, 6.07) is 0. The highest BCUT2D eigenvalue weighted by Gasteiger charge is 2.61. The van der Waals surface area contributed by atoms with Gasteiger partial charge in [0.15, 0.2) is 0 Å². The van der Waals surface area contributed by atoms with Crippen LogP contribution < -0.4 is 5.32 Å². The number of alkyl halides is 3. The predicted molar refractivity (Wildman–Crippen MR) is 55.6 cm³/mol. The third kappa shape index (κ3) is 1.77. The minimum atomic E-state index is -5.22. The van der Waals surface area contributed by atoms with Gasteiger partial charge in [-0.15, -0.1) is 0 Å². The number of hydrogen-bond acceptors (Lipinski definition) is 3. The third-order valence-electron chi connectivity index (χ3n) is 3.87. The van der Waals surface area contributed by atoms with E-state index in [0.717, 1.165) is 0 Å². The first kappa shape index (κ1) is 13.1. The first-order chi connectivity index (χ1) is 7.58. The van der Waals surface area contributed by atoms with Crippen molar-refractivity contribution >= 4 is 10.0 Å². The quantitative estimate of drug-likeness (QED) is 0.767. The maximum atomic E-state index is 12.6.